The van der Waals surface area contributed by atoms with E-state index in [-0.39, 0.29) is 37.2 Å². The van der Waals surface area contributed by atoms with Crippen LogP contribution in [0, 0.1) is 0 Å². The third kappa shape index (κ3) is 5.28. The summed E-state index contributed by atoms with van der Waals surface area (Å²) in [5, 5.41) is 1.31. The Morgan fingerprint density at radius 1 is 0.885 bits per heavy atom. The minimum atomic E-state index is 0. The predicted octanol–water partition coefficient (Wildman–Crippen LogP) is 3.69. The van der Waals surface area contributed by atoms with Crippen LogP contribution in [0.5, 0.6) is 0 Å². The molecule has 1 aromatic heterocycles. The summed E-state index contributed by atoms with van der Waals surface area (Å²) >= 11 is 0. The zero-order valence-electron chi connectivity index (χ0n) is 15.4. The Morgan fingerprint density at radius 2 is 1.58 bits per heavy atom. The highest BCUT2D eigenvalue weighted by molar-refractivity contribution is 5.86. The van der Waals surface area contributed by atoms with Crippen molar-refractivity contribution in [2.75, 3.05) is 52.9 Å². The van der Waals surface area contributed by atoms with Crippen LogP contribution in [-0.4, -0.2) is 67.6 Å². The molecule has 0 radical (unpaired) electrons. The lowest BCUT2D eigenvalue weighted by Crippen LogP contribution is -2.45. The molecule has 2 aliphatic heterocycles. The van der Waals surface area contributed by atoms with Gasteiger partial charge in [-0.05, 0) is 32.6 Å². The second kappa shape index (κ2) is 10.7. The van der Waals surface area contributed by atoms with Crippen molar-refractivity contribution in [1.29, 1.82) is 0 Å². The van der Waals surface area contributed by atoms with Gasteiger partial charge in [-0.3, -0.25) is 4.90 Å². The number of hydrogen-bond acceptors (Lipinski definition) is 4. The Labute approximate surface area is 175 Å². The molecule has 26 heavy (non-hydrogen) atoms. The summed E-state index contributed by atoms with van der Waals surface area (Å²) in [6, 6.07) is 8.46. The topological polar surface area (TPSA) is 22.9 Å². The van der Waals surface area contributed by atoms with Gasteiger partial charge in [0.25, 0.3) is 0 Å². The van der Waals surface area contributed by atoms with E-state index in [1.807, 2.05) is 0 Å². The number of piperazine rings is 1. The van der Waals surface area contributed by atoms with Crippen LogP contribution in [0.4, 0.5) is 0 Å². The van der Waals surface area contributed by atoms with E-state index < -0.39 is 0 Å². The van der Waals surface area contributed by atoms with Crippen molar-refractivity contribution in [2.45, 2.75) is 19.4 Å². The van der Waals surface area contributed by atoms with E-state index in [1.165, 1.54) is 62.4 Å². The molecule has 0 aliphatic carbocycles. The second-order valence-electron chi connectivity index (χ2n) is 7.02. The number of benzene rings is 1. The number of furan rings is 1. The minimum absolute atomic E-state index is 0. The number of para-hydroxylation sites is 1. The molecule has 0 spiro atoms. The standard InChI is InChI=1S/C19H27N3O.3ClH/c1-20-11-13-21(14-12-20)8-4-9-22-10-7-19-17(15-22)16-5-2-3-6-18(16)23-19;;;/h2-3,5-6H,4,7-15H2,1H3;3*1H. The summed E-state index contributed by atoms with van der Waals surface area (Å²) in [4.78, 5) is 7.63. The van der Waals surface area contributed by atoms with E-state index in [0.717, 1.165) is 25.1 Å². The summed E-state index contributed by atoms with van der Waals surface area (Å²) < 4.78 is 6.01. The molecule has 148 valence electrons. The first kappa shape index (κ1) is 23.5. The molecule has 0 saturated carbocycles. The van der Waals surface area contributed by atoms with Gasteiger partial charge in [-0.15, -0.1) is 37.2 Å². The third-order valence-corrected chi connectivity index (χ3v) is 5.36. The molecule has 7 heteroatoms. The predicted molar refractivity (Wildman–Crippen MR) is 115 cm³/mol. The molecule has 0 atom stereocenters. The number of halogens is 3. The van der Waals surface area contributed by atoms with Crippen LogP contribution in [-0.2, 0) is 13.0 Å². The molecule has 2 aromatic rings. The number of likely N-dealkylation sites (N-methyl/N-ethyl adjacent to an activating group) is 1. The van der Waals surface area contributed by atoms with Crippen LogP contribution in [0.1, 0.15) is 17.7 Å². The highest BCUT2D eigenvalue weighted by Gasteiger charge is 2.22. The van der Waals surface area contributed by atoms with Gasteiger partial charge in [0.15, 0.2) is 0 Å². The van der Waals surface area contributed by atoms with E-state index >= 15 is 0 Å². The van der Waals surface area contributed by atoms with Gasteiger partial charge >= 0.3 is 0 Å². The van der Waals surface area contributed by atoms with Gasteiger partial charge in [-0.25, -0.2) is 0 Å². The first-order valence-corrected chi connectivity index (χ1v) is 8.92. The van der Waals surface area contributed by atoms with Crippen molar-refractivity contribution in [2.24, 2.45) is 0 Å². The SMILES string of the molecule is CN1CCN(CCCN2CCc3oc4ccccc4c3C2)CC1.Cl.Cl.Cl. The Hall–Kier alpha value is -0.490. The number of hydrogen-bond donors (Lipinski definition) is 0. The largest absolute Gasteiger partial charge is 0.461 e. The fraction of sp³-hybridized carbons (Fsp3) is 0.579. The van der Waals surface area contributed by atoms with Crippen LogP contribution in [0.15, 0.2) is 28.7 Å². The smallest absolute Gasteiger partial charge is 0.134 e. The van der Waals surface area contributed by atoms with E-state index in [4.69, 9.17) is 4.42 Å². The van der Waals surface area contributed by atoms with Crippen molar-refractivity contribution in [3.63, 3.8) is 0 Å². The fourth-order valence-corrected chi connectivity index (χ4v) is 3.87. The van der Waals surface area contributed by atoms with Crippen molar-refractivity contribution in [3.8, 4) is 0 Å². The quantitative estimate of drug-likeness (QED) is 0.749. The summed E-state index contributed by atoms with van der Waals surface area (Å²) in [5.74, 6) is 1.21. The average Bonchev–Trinajstić information content (AvgIpc) is 2.95. The first-order valence-electron chi connectivity index (χ1n) is 8.92. The van der Waals surface area contributed by atoms with Crippen molar-refractivity contribution < 1.29 is 4.42 Å². The Balaban J connectivity index is 0.00000113. The maximum Gasteiger partial charge on any atom is 0.134 e. The fourth-order valence-electron chi connectivity index (χ4n) is 3.87. The van der Waals surface area contributed by atoms with E-state index in [9.17, 15) is 0 Å². The van der Waals surface area contributed by atoms with Crippen LogP contribution < -0.4 is 0 Å². The van der Waals surface area contributed by atoms with Crippen LogP contribution in [0.2, 0.25) is 0 Å². The molecule has 4 rings (SSSR count). The maximum atomic E-state index is 6.01. The third-order valence-electron chi connectivity index (χ3n) is 5.36. The first-order chi connectivity index (χ1) is 11.3. The van der Waals surface area contributed by atoms with Crippen molar-refractivity contribution in [1.82, 2.24) is 14.7 Å². The van der Waals surface area contributed by atoms with E-state index in [1.54, 1.807) is 0 Å². The van der Waals surface area contributed by atoms with Gasteiger partial charge in [-0.1, -0.05) is 18.2 Å². The molecule has 1 saturated heterocycles. The van der Waals surface area contributed by atoms with Crippen molar-refractivity contribution in [3.05, 3.63) is 35.6 Å². The van der Waals surface area contributed by atoms with Gasteiger partial charge in [0.2, 0.25) is 0 Å². The summed E-state index contributed by atoms with van der Waals surface area (Å²) in [5.41, 5.74) is 2.48. The molecule has 0 amide bonds. The van der Waals surface area contributed by atoms with Crippen LogP contribution in [0.25, 0.3) is 11.0 Å². The Morgan fingerprint density at radius 3 is 2.35 bits per heavy atom. The Kier molecular flexibility index (Phi) is 9.73. The van der Waals surface area contributed by atoms with E-state index in [2.05, 4.69) is 46.0 Å². The number of fused-ring (bicyclic) bond motifs is 3. The van der Waals surface area contributed by atoms with Gasteiger partial charge in [0.05, 0.1) is 0 Å². The molecule has 3 heterocycles. The number of rotatable bonds is 4. The lowest BCUT2D eigenvalue weighted by molar-refractivity contribution is 0.144. The highest BCUT2D eigenvalue weighted by Crippen LogP contribution is 2.30. The normalized spacial score (nSPS) is 18.5. The average molecular weight is 423 g/mol. The lowest BCUT2D eigenvalue weighted by Gasteiger charge is -2.33. The molecule has 1 aromatic carbocycles. The lowest BCUT2D eigenvalue weighted by atomic mass is 10.0. The zero-order chi connectivity index (χ0) is 15.6. The molecule has 0 N–H and O–H groups in total. The van der Waals surface area contributed by atoms with Gasteiger partial charge < -0.3 is 14.2 Å². The molecule has 2 aliphatic rings. The number of nitrogens with zero attached hydrogens (tertiary/aromatic N) is 3. The van der Waals surface area contributed by atoms with Crippen LogP contribution in [0.3, 0.4) is 0 Å². The minimum Gasteiger partial charge on any atom is -0.461 e. The summed E-state index contributed by atoms with van der Waals surface area (Å²) in [6.45, 7) is 9.52. The maximum absolute atomic E-state index is 6.01. The second-order valence-corrected chi connectivity index (χ2v) is 7.02. The van der Waals surface area contributed by atoms with E-state index in [0.29, 0.717) is 0 Å². The molecule has 4 nitrogen and oxygen atoms in total. The van der Waals surface area contributed by atoms with Gasteiger partial charge in [0, 0.05) is 56.6 Å². The van der Waals surface area contributed by atoms with Gasteiger partial charge in [0.1, 0.15) is 11.3 Å². The molecular formula is C19H30Cl3N3O. The van der Waals surface area contributed by atoms with Crippen molar-refractivity contribution >= 4 is 48.2 Å². The van der Waals surface area contributed by atoms with Crippen LogP contribution >= 0.6 is 37.2 Å². The monoisotopic (exact) mass is 421 g/mol. The summed E-state index contributed by atoms with van der Waals surface area (Å²) in [6.07, 6.45) is 2.33. The molecule has 1 fully saturated rings. The molecule has 0 unspecified atom stereocenters. The molecular weight excluding hydrogens is 393 g/mol. The van der Waals surface area contributed by atoms with Gasteiger partial charge in [-0.2, -0.15) is 0 Å². The zero-order valence-corrected chi connectivity index (χ0v) is 17.8. The summed E-state index contributed by atoms with van der Waals surface area (Å²) in [7, 11) is 2.22. The molecule has 0 bridgehead atoms. The highest BCUT2D eigenvalue weighted by atomic mass is 35.5. The Bertz CT molecular complexity index is 671.